The van der Waals surface area contributed by atoms with Crippen LogP contribution >= 0.6 is 23.2 Å². The van der Waals surface area contributed by atoms with E-state index in [9.17, 15) is 28.8 Å². The van der Waals surface area contributed by atoms with Crippen LogP contribution in [0.5, 0.6) is 0 Å². The summed E-state index contributed by atoms with van der Waals surface area (Å²) in [6, 6.07) is 23.8. The quantitative estimate of drug-likeness (QED) is 0.141. The first-order valence-corrected chi connectivity index (χ1v) is 20.1. The molecule has 5 rings (SSSR count). The van der Waals surface area contributed by atoms with Gasteiger partial charge in [-0.25, -0.2) is 0 Å². The molecule has 0 radical (unpaired) electrons. The third-order valence-corrected chi connectivity index (χ3v) is 9.69. The van der Waals surface area contributed by atoms with Crippen LogP contribution in [0.25, 0.3) is 0 Å². The minimum atomic E-state index is -0.574. The number of halogens is 2. The second kappa shape index (κ2) is 25.0. The van der Waals surface area contributed by atoms with Gasteiger partial charge in [-0.1, -0.05) is 102 Å². The number of rotatable bonds is 9. The molecular weight excluding hydrogens is 783 g/mol. The zero-order valence-electron chi connectivity index (χ0n) is 32.3. The van der Waals surface area contributed by atoms with Crippen molar-refractivity contribution in [1.29, 1.82) is 0 Å². The van der Waals surface area contributed by atoms with Crippen LogP contribution in [0.4, 0.5) is 0 Å². The van der Waals surface area contributed by atoms with Gasteiger partial charge in [0.25, 0.3) is 0 Å². The fourth-order valence-corrected chi connectivity index (χ4v) is 6.18. The van der Waals surface area contributed by atoms with Crippen LogP contribution in [0.2, 0.25) is 10.0 Å². The maximum atomic E-state index is 12.9. The Balaban J connectivity index is 0.000000262. The van der Waals surface area contributed by atoms with E-state index in [-0.39, 0.29) is 74.5 Å². The molecule has 0 fully saturated rings. The van der Waals surface area contributed by atoms with Crippen LogP contribution in [0.15, 0.2) is 103 Å². The van der Waals surface area contributed by atoms with Crippen LogP contribution < -0.4 is 21.3 Å². The van der Waals surface area contributed by atoms with Gasteiger partial charge in [0.05, 0.1) is 24.9 Å². The SMILES string of the molecule is O=C(CC1C/C=C/CCC(=O)OC(c2ccccc2)CNC1=O)NCc1ccc(Cl)cc1.O=C(CC1C/C=C/CCC(=O)OCCNC1=O)NCc1ccc(Cl)cc1. The summed E-state index contributed by atoms with van der Waals surface area (Å²) in [6.45, 7) is 1.30. The summed E-state index contributed by atoms with van der Waals surface area (Å²) in [5, 5.41) is 12.5. The second-order valence-corrected chi connectivity index (χ2v) is 14.6. The van der Waals surface area contributed by atoms with Gasteiger partial charge < -0.3 is 30.7 Å². The number of cyclic esters (lactones) is 2. The molecule has 2 aliphatic rings. The van der Waals surface area contributed by atoms with Crippen molar-refractivity contribution in [3.63, 3.8) is 0 Å². The monoisotopic (exact) mass is 832 g/mol. The summed E-state index contributed by atoms with van der Waals surface area (Å²) in [7, 11) is 0. The molecule has 58 heavy (non-hydrogen) atoms. The number of allylic oxidation sites excluding steroid dienone is 4. The lowest BCUT2D eigenvalue weighted by Crippen LogP contribution is -2.37. The topological polar surface area (TPSA) is 169 Å². The van der Waals surface area contributed by atoms with E-state index in [2.05, 4.69) is 21.3 Å². The molecule has 4 N–H and O–H groups in total. The molecule has 0 saturated carbocycles. The van der Waals surface area contributed by atoms with Crippen molar-refractivity contribution in [1.82, 2.24) is 21.3 Å². The molecule has 0 aromatic heterocycles. The minimum absolute atomic E-state index is 0.0690. The fraction of sp³-hybridized carbons (Fsp3) is 0.364. The zero-order chi connectivity index (χ0) is 41.5. The van der Waals surface area contributed by atoms with Crippen molar-refractivity contribution in [3.8, 4) is 0 Å². The average molecular weight is 834 g/mol. The van der Waals surface area contributed by atoms with Crippen molar-refractivity contribution in [3.05, 3.63) is 130 Å². The normalized spacial score (nSPS) is 20.5. The summed E-state index contributed by atoms with van der Waals surface area (Å²) in [5.74, 6) is -2.39. The molecule has 14 heteroatoms. The third-order valence-electron chi connectivity index (χ3n) is 9.19. The van der Waals surface area contributed by atoms with Gasteiger partial charge in [-0.2, -0.15) is 0 Å². The maximum absolute atomic E-state index is 12.9. The molecule has 0 bridgehead atoms. The van der Waals surface area contributed by atoms with Crippen LogP contribution in [-0.4, -0.2) is 55.3 Å². The summed E-state index contributed by atoms with van der Waals surface area (Å²) in [5.41, 5.74) is 2.68. The van der Waals surface area contributed by atoms with Crippen molar-refractivity contribution in [2.24, 2.45) is 11.8 Å². The molecule has 0 aliphatic carbocycles. The number of hydrogen-bond acceptors (Lipinski definition) is 8. The lowest BCUT2D eigenvalue weighted by Gasteiger charge is -2.21. The van der Waals surface area contributed by atoms with Gasteiger partial charge in [0.2, 0.25) is 23.6 Å². The van der Waals surface area contributed by atoms with E-state index >= 15 is 0 Å². The Labute approximate surface area is 349 Å². The van der Waals surface area contributed by atoms with Gasteiger partial charge >= 0.3 is 11.9 Å². The summed E-state index contributed by atoms with van der Waals surface area (Å²) >= 11 is 11.7. The molecule has 4 amide bonds. The third kappa shape index (κ3) is 17.4. The molecule has 2 heterocycles. The predicted molar refractivity (Wildman–Crippen MR) is 221 cm³/mol. The van der Waals surface area contributed by atoms with Gasteiger partial charge in [-0.15, -0.1) is 0 Å². The van der Waals surface area contributed by atoms with E-state index < -0.39 is 17.9 Å². The molecule has 0 saturated heterocycles. The Kier molecular flexibility index (Phi) is 19.5. The van der Waals surface area contributed by atoms with E-state index in [1.54, 1.807) is 24.3 Å². The Morgan fingerprint density at radius 1 is 0.638 bits per heavy atom. The lowest BCUT2D eigenvalue weighted by atomic mass is 9.98. The number of hydrogen-bond donors (Lipinski definition) is 4. The highest BCUT2D eigenvalue weighted by Gasteiger charge is 2.25. The first kappa shape index (κ1) is 45.2. The van der Waals surface area contributed by atoms with Crippen LogP contribution in [-0.2, 0) is 51.3 Å². The summed E-state index contributed by atoms with van der Waals surface area (Å²) in [4.78, 5) is 73.4. The van der Waals surface area contributed by atoms with Gasteiger partial charge in [0.1, 0.15) is 12.7 Å². The minimum Gasteiger partial charge on any atom is -0.464 e. The van der Waals surface area contributed by atoms with Crippen molar-refractivity contribution >= 4 is 58.8 Å². The van der Waals surface area contributed by atoms with Crippen LogP contribution in [0.1, 0.15) is 74.2 Å². The Morgan fingerprint density at radius 3 is 1.67 bits per heavy atom. The number of esters is 2. The lowest BCUT2D eigenvalue weighted by molar-refractivity contribution is -0.150. The van der Waals surface area contributed by atoms with Gasteiger partial charge in [0, 0.05) is 48.8 Å². The number of carbonyl (C=O) groups is 6. The molecule has 308 valence electrons. The molecular formula is C44H50Cl2N4O8. The highest BCUT2D eigenvalue weighted by atomic mass is 35.5. The van der Waals surface area contributed by atoms with E-state index in [1.165, 1.54) is 0 Å². The van der Waals surface area contributed by atoms with E-state index in [4.69, 9.17) is 32.7 Å². The van der Waals surface area contributed by atoms with E-state index in [0.29, 0.717) is 55.2 Å². The zero-order valence-corrected chi connectivity index (χ0v) is 33.8. The molecule has 0 spiro atoms. The number of benzene rings is 3. The maximum Gasteiger partial charge on any atom is 0.306 e. The second-order valence-electron chi connectivity index (χ2n) is 13.7. The number of amides is 4. The number of carbonyl (C=O) groups excluding carboxylic acids is 6. The van der Waals surface area contributed by atoms with Gasteiger partial charge in [0.15, 0.2) is 0 Å². The summed E-state index contributed by atoms with van der Waals surface area (Å²) < 4.78 is 10.6. The molecule has 2 aliphatic heterocycles. The van der Waals surface area contributed by atoms with Crippen LogP contribution in [0, 0.1) is 11.8 Å². The Morgan fingerprint density at radius 2 is 1.14 bits per heavy atom. The molecule has 3 unspecified atom stereocenters. The first-order valence-electron chi connectivity index (χ1n) is 19.3. The predicted octanol–water partition coefficient (Wildman–Crippen LogP) is 6.47. The van der Waals surface area contributed by atoms with Crippen molar-refractivity contribution in [2.75, 3.05) is 19.7 Å². The standard InChI is InChI=1S/C25H27ClN2O4.C19H23ClN2O4/c26-21-13-11-18(12-14-21)16-27-23(29)15-20-9-5-2-6-10-24(30)32-22(17-28-25(20)31)19-7-3-1-4-8-19;20-16-8-6-14(7-9-16)13-22-17(23)12-15-4-2-1-3-5-18(24)26-11-10-21-19(15)25/h1-5,7-8,11-14,20,22H,6,9-10,15-17H2,(H,27,29)(H,28,31);1-2,6-9,15H,3-5,10-13H2,(H,21,25)(H,22,23)/b5-2+;2-1+. The number of ether oxygens (including phenoxy) is 2. The fourth-order valence-electron chi connectivity index (χ4n) is 5.93. The molecule has 12 nitrogen and oxygen atoms in total. The smallest absolute Gasteiger partial charge is 0.306 e. The van der Waals surface area contributed by atoms with E-state index in [0.717, 1.165) is 16.7 Å². The highest BCUT2D eigenvalue weighted by molar-refractivity contribution is 6.30. The summed E-state index contributed by atoms with van der Waals surface area (Å²) in [6.07, 6.45) is 9.52. The van der Waals surface area contributed by atoms with Crippen LogP contribution in [0.3, 0.4) is 0 Å². The molecule has 3 atom stereocenters. The van der Waals surface area contributed by atoms with E-state index in [1.807, 2.05) is 78.9 Å². The van der Waals surface area contributed by atoms with Crippen molar-refractivity contribution in [2.45, 2.75) is 70.6 Å². The largest absolute Gasteiger partial charge is 0.464 e. The average Bonchev–Trinajstić information content (AvgIpc) is 3.22. The van der Waals surface area contributed by atoms with Crippen molar-refractivity contribution < 1.29 is 38.2 Å². The molecule has 3 aromatic carbocycles. The Bertz CT molecular complexity index is 1870. The molecule has 3 aromatic rings. The van der Waals surface area contributed by atoms with Gasteiger partial charge in [-0.05, 0) is 66.6 Å². The Hall–Kier alpha value is -5.46. The highest BCUT2D eigenvalue weighted by Crippen LogP contribution is 2.20. The number of nitrogens with one attached hydrogen (secondary N) is 4. The van der Waals surface area contributed by atoms with Gasteiger partial charge in [-0.3, -0.25) is 28.8 Å². The first-order chi connectivity index (χ1) is 28.0.